The van der Waals surface area contributed by atoms with Crippen molar-refractivity contribution in [3.63, 3.8) is 0 Å². The van der Waals surface area contributed by atoms with Gasteiger partial charge in [0.1, 0.15) is 0 Å². The Morgan fingerprint density at radius 3 is 2.94 bits per heavy atom. The van der Waals surface area contributed by atoms with Crippen molar-refractivity contribution < 1.29 is 0 Å². The molecule has 0 aromatic heterocycles. The van der Waals surface area contributed by atoms with Crippen LogP contribution >= 0.6 is 0 Å². The Morgan fingerprint density at radius 2 is 2.25 bits per heavy atom. The summed E-state index contributed by atoms with van der Waals surface area (Å²) in [7, 11) is 0. The predicted molar refractivity (Wildman–Crippen MR) is 69.3 cm³/mol. The number of aryl methyl sites for hydroxylation is 1. The highest BCUT2D eigenvalue weighted by molar-refractivity contribution is 6.01. The zero-order valence-corrected chi connectivity index (χ0v) is 9.53. The Kier molecular flexibility index (Phi) is 2.95. The molecule has 0 spiro atoms. The largest absolute Gasteiger partial charge is 0.399 e. The zero-order chi connectivity index (χ0) is 11.5. The van der Waals surface area contributed by atoms with Crippen molar-refractivity contribution in [3.05, 3.63) is 35.4 Å². The van der Waals surface area contributed by atoms with Gasteiger partial charge in [0.25, 0.3) is 0 Å². The van der Waals surface area contributed by atoms with E-state index in [2.05, 4.69) is 4.99 Å². The van der Waals surface area contributed by atoms with E-state index < -0.39 is 0 Å². The molecule has 0 aliphatic carbocycles. The van der Waals surface area contributed by atoms with Crippen molar-refractivity contribution in [3.8, 4) is 0 Å². The molecule has 0 atom stereocenters. The predicted octanol–water partition coefficient (Wildman–Crippen LogP) is 2.11. The van der Waals surface area contributed by atoms with Gasteiger partial charge in [-0.25, -0.2) is 0 Å². The Bertz CT molecular complexity index is 458. The number of benzene rings is 1. The fraction of sp³-hybridized carbons (Fsp3) is 0.308. The quantitative estimate of drug-likeness (QED) is 0.742. The first kappa shape index (κ1) is 10.7. The van der Waals surface area contributed by atoms with Gasteiger partial charge < -0.3 is 11.5 Å². The lowest BCUT2D eigenvalue weighted by atomic mass is 10.0. The number of hydrogen-bond donors (Lipinski definition) is 2. The molecule has 0 fully saturated rings. The van der Waals surface area contributed by atoms with Crippen LogP contribution in [-0.2, 0) is 0 Å². The average molecular weight is 215 g/mol. The van der Waals surface area contributed by atoms with Crippen molar-refractivity contribution in [1.82, 2.24) is 0 Å². The van der Waals surface area contributed by atoms with Gasteiger partial charge in [-0.2, -0.15) is 0 Å². The average Bonchev–Trinajstić information content (AvgIpc) is 2.74. The maximum Gasteiger partial charge on any atom is 0.0409 e. The van der Waals surface area contributed by atoms with Gasteiger partial charge in [-0.05, 0) is 43.5 Å². The summed E-state index contributed by atoms with van der Waals surface area (Å²) in [4.78, 5) is 4.38. The Hall–Kier alpha value is -1.77. The number of nitrogens with two attached hydrogens (primary N) is 2. The maximum atomic E-state index is 6.07. The second-order valence-electron chi connectivity index (χ2n) is 4.15. The molecule has 4 N–H and O–H groups in total. The molecule has 84 valence electrons. The maximum absolute atomic E-state index is 6.07. The second kappa shape index (κ2) is 4.39. The summed E-state index contributed by atoms with van der Waals surface area (Å²) in [5.74, 6) is 0. The minimum absolute atomic E-state index is 0.741. The van der Waals surface area contributed by atoms with Gasteiger partial charge in [0.15, 0.2) is 0 Å². The summed E-state index contributed by atoms with van der Waals surface area (Å²) >= 11 is 0. The van der Waals surface area contributed by atoms with Crippen LogP contribution < -0.4 is 11.5 Å². The van der Waals surface area contributed by atoms with Crippen molar-refractivity contribution in [1.29, 1.82) is 0 Å². The van der Waals surface area contributed by atoms with E-state index in [1.54, 1.807) is 0 Å². The van der Waals surface area contributed by atoms with Crippen molar-refractivity contribution in [2.24, 2.45) is 10.7 Å². The summed E-state index contributed by atoms with van der Waals surface area (Å²) in [6.45, 7) is 2.96. The number of aliphatic imine (C=N–C) groups is 1. The molecule has 1 aliphatic heterocycles. The van der Waals surface area contributed by atoms with Gasteiger partial charge in [-0.3, -0.25) is 4.99 Å². The lowest BCUT2D eigenvalue weighted by molar-refractivity contribution is 0.951. The van der Waals surface area contributed by atoms with E-state index in [4.69, 9.17) is 11.5 Å². The van der Waals surface area contributed by atoms with Crippen LogP contribution in [0, 0.1) is 6.92 Å². The molecule has 0 saturated carbocycles. The van der Waals surface area contributed by atoms with Crippen LogP contribution in [0.3, 0.4) is 0 Å². The first-order valence-electron chi connectivity index (χ1n) is 5.54. The lowest BCUT2D eigenvalue weighted by Gasteiger charge is -2.07. The van der Waals surface area contributed by atoms with Crippen LogP contribution in [0.25, 0.3) is 5.70 Å². The minimum Gasteiger partial charge on any atom is -0.399 e. The van der Waals surface area contributed by atoms with Crippen molar-refractivity contribution >= 4 is 17.1 Å². The number of anilines is 1. The molecular weight excluding hydrogens is 198 g/mol. The first-order valence-corrected chi connectivity index (χ1v) is 5.54. The molecule has 16 heavy (non-hydrogen) atoms. The molecule has 1 aliphatic rings. The molecule has 0 bridgehead atoms. The van der Waals surface area contributed by atoms with Gasteiger partial charge in [0.2, 0.25) is 0 Å². The molecule has 0 radical (unpaired) electrons. The monoisotopic (exact) mass is 215 g/mol. The highest BCUT2D eigenvalue weighted by Crippen LogP contribution is 2.19. The molecule has 1 aromatic carbocycles. The number of hydrogen-bond acceptors (Lipinski definition) is 3. The van der Waals surface area contributed by atoms with Crippen LogP contribution in [0.2, 0.25) is 0 Å². The summed E-state index contributed by atoms with van der Waals surface area (Å²) in [6, 6.07) is 5.79. The number of nitrogen functional groups attached to an aromatic ring is 1. The van der Waals surface area contributed by atoms with E-state index in [9.17, 15) is 0 Å². The molecule has 1 aromatic rings. The smallest absolute Gasteiger partial charge is 0.0409 e. The fourth-order valence-electron chi connectivity index (χ4n) is 1.89. The van der Waals surface area contributed by atoms with Crippen LogP contribution in [0.1, 0.15) is 24.0 Å². The highest BCUT2D eigenvalue weighted by atomic mass is 14.8. The van der Waals surface area contributed by atoms with Crippen molar-refractivity contribution in [2.45, 2.75) is 19.8 Å². The van der Waals surface area contributed by atoms with Gasteiger partial charge >= 0.3 is 0 Å². The molecule has 2 rings (SSSR count). The molecule has 0 amide bonds. The second-order valence-corrected chi connectivity index (χ2v) is 4.15. The standard InChI is InChI=1S/C13H17N3/c1-9-4-5-10(14)7-12(9)13(15)8-11-3-2-6-16-11/h4-5,7-8H,2-3,6,14-15H2,1H3/b13-8-. The van der Waals surface area contributed by atoms with E-state index in [0.717, 1.165) is 47.6 Å². The van der Waals surface area contributed by atoms with Gasteiger partial charge in [0.05, 0.1) is 0 Å². The minimum atomic E-state index is 0.741. The van der Waals surface area contributed by atoms with Crippen molar-refractivity contribution in [2.75, 3.05) is 12.3 Å². The van der Waals surface area contributed by atoms with E-state index in [0.29, 0.717) is 0 Å². The summed E-state index contributed by atoms with van der Waals surface area (Å²) < 4.78 is 0. The third-order valence-corrected chi connectivity index (χ3v) is 2.80. The van der Waals surface area contributed by atoms with Gasteiger partial charge in [-0.1, -0.05) is 6.07 Å². The van der Waals surface area contributed by atoms with Gasteiger partial charge in [-0.15, -0.1) is 0 Å². The van der Waals surface area contributed by atoms with E-state index in [1.807, 2.05) is 31.2 Å². The fourth-order valence-corrected chi connectivity index (χ4v) is 1.89. The SMILES string of the molecule is Cc1ccc(N)cc1/C(N)=C/C1=NCCC1. The number of nitrogens with zero attached hydrogens (tertiary/aromatic N) is 1. The normalized spacial score (nSPS) is 16.3. The summed E-state index contributed by atoms with van der Waals surface area (Å²) in [5, 5.41) is 0. The lowest BCUT2D eigenvalue weighted by Crippen LogP contribution is -2.03. The molecule has 3 heteroatoms. The highest BCUT2D eigenvalue weighted by Gasteiger charge is 2.07. The number of rotatable bonds is 2. The van der Waals surface area contributed by atoms with Crippen LogP contribution in [0.4, 0.5) is 5.69 Å². The number of allylic oxidation sites excluding steroid dienone is 1. The summed E-state index contributed by atoms with van der Waals surface area (Å²) in [5.41, 5.74) is 16.6. The Labute approximate surface area is 95.9 Å². The molecule has 0 unspecified atom stereocenters. The van der Waals surface area contributed by atoms with E-state index in [-0.39, 0.29) is 0 Å². The Balaban J connectivity index is 2.32. The molecule has 1 heterocycles. The van der Waals surface area contributed by atoms with E-state index >= 15 is 0 Å². The third kappa shape index (κ3) is 2.24. The van der Waals surface area contributed by atoms with Gasteiger partial charge in [0, 0.05) is 29.2 Å². The topological polar surface area (TPSA) is 64.4 Å². The zero-order valence-electron chi connectivity index (χ0n) is 9.53. The third-order valence-electron chi connectivity index (χ3n) is 2.80. The van der Waals surface area contributed by atoms with Crippen LogP contribution in [-0.4, -0.2) is 12.3 Å². The Morgan fingerprint density at radius 1 is 1.44 bits per heavy atom. The van der Waals surface area contributed by atoms with E-state index in [1.165, 1.54) is 0 Å². The first-order chi connectivity index (χ1) is 7.66. The summed E-state index contributed by atoms with van der Waals surface area (Å²) in [6.07, 6.45) is 4.13. The molecule has 3 nitrogen and oxygen atoms in total. The van der Waals surface area contributed by atoms with Crippen LogP contribution in [0.15, 0.2) is 29.3 Å². The van der Waals surface area contributed by atoms with Crippen LogP contribution in [0.5, 0.6) is 0 Å². The molecular formula is C13H17N3. The molecule has 0 saturated heterocycles.